The Morgan fingerprint density at radius 3 is 2.89 bits per heavy atom. The summed E-state index contributed by atoms with van der Waals surface area (Å²) >= 11 is 0. The highest BCUT2D eigenvalue weighted by Gasteiger charge is 2.39. The van der Waals surface area contributed by atoms with Crippen LogP contribution in [0.1, 0.15) is 6.23 Å². The number of nitrogens with zero attached hydrogens (tertiary/aromatic N) is 3. The minimum atomic E-state index is -1.43. The van der Waals surface area contributed by atoms with E-state index in [2.05, 4.69) is 15.0 Å². The molecule has 3 rings (SSSR count). The van der Waals surface area contributed by atoms with E-state index in [1.807, 2.05) is 0 Å². The molecule has 0 saturated carbocycles. The van der Waals surface area contributed by atoms with Gasteiger partial charge in [-0.15, -0.1) is 0 Å². The fourth-order valence-electron chi connectivity index (χ4n) is 2.06. The fraction of sp³-hybridized carbons (Fsp3) is 0.500. The second-order valence-electron chi connectivity index (χ2n) is 4.33. The lowest BCUT2D eigenvalue weighted by Gasteiger charge is -2.35. The van der Waals surface area contributed by atoms with Crippen molar-refractivity contribution in [2.24, 2.45) is 0 Å². The van der Waals surface area contributed by atoms with Crippen LogP contribution in [0.2, 0.25) is 0 Å². The number of rotatable bonds is 1. The van der Waals surface area contributed by atoms with Crippen LogP contribution in [0.3, 0.4) is 0 Å². The molecule has 102 valence electrons. The Hall–Kier alpha value is -1.81. The third-order valence-electron chi connectivity index (χ3n) is 3.12. The third-order valence-corrected chi connectivity index (χ3v) is 3.12. The van der Waals surface area contributed by atoms with Gasteiger partial charge < -0.3 is 25.0 Å². The molecule has 1 fully saturated rings. The molecule has 19 heavy (non-hydrogen) atoms. The standard InChI is InChI=1S/C10H12N4O5/c15-4-1-19-10(7(17)6(4)16)14-3-13-8-5(9(14)18)11-2-12-8/h2-4,6-7,10,15-17H,1H2,(H,11,12)/t4-,6-,7-,10-/m1/s1. The molecule has 0 unspecified atom stereocenters. The van der Waals surface area contributed by atoms with E-state index in [4.69, 9.17) is 4.74 Å². The predicted molar refractivity (Wildman–Crippen MR) is 61.2 cm³/mol. The normalized spacial score (nSPS) is 31.7. The Kier molecular flexibility index (Phi) is 2.82. The molecule has 4 atom stereocenters. The number of aliphatic hydroxyl groups excluding tert-OH is 3. The van der Waals surface area contributed by atoms with Gasteiger partial charge >= 0.3 is 0 Å². The van der Waals surface area contributed by atoms with Crippen LogP contribution in [0, 0.1) is 0 Å². The summed E-state index contributed by atoms with van der Waals surface area (Å²) in [7, 11) is 0. The van der Waals surface area contributed by atoms with Gasteiger partial charge in [-0.05, 0) is 0 Å². The molecule has 1 aliphatic heterocycles. The average molecular weight is 268 g/mol. The zero-order chi connectivity index (χ0) is 13.6. The number of aliphatic hydroxyl groups is 3. The van der Waals surface area contributed by atoms with Gasteiger partial charge in [0, 0.05) is 0 Å². The number of fused-ring (bicyclic) bond motifs is 1. The quantitative estimate of drug-likeness (QED) is 0.458. The summed E-state index contributed by atoms with van der Waals surface area (Å²) in [6.07, 6.45) is -2.59. The van der Waals surface area contributed by atoms with Gasteiger partial charge in [0.1, 0.15) is 24.6 Å². The number of hydrogen-bond donors (Lipinski definition) is 4. The van der Waals surface area contributed by atoms with Crippen LogP contribution >= 0.6 is 0 Å². The molecule has 0 amide bonds. The Balaban J connectivity index is 2.04. The van der Waals surface area contributed by atoms with Gasteiger partial charge in [-0.25, -0.2) is 9.97 Å². The first kappa shape index (κ1) is 12.2. The first-order valence-electron chi connectivity index (χ1n) is 5.65. The summed E-state index contributed by atoms with van der Waals surface area (Å²) in [5.74, 6) is 0. The molecule has 0 aliphatic carbocycles. The molecule has 0 radical (unpaired) electrons. The first-order valence-corrected chi connectivity index (χ1v) is 5.65. The molecule has 0 aromatic carbocycles. The van der Waals surface area contributed by atoms with Crippen molar-refractivity contribution in [3.05, 3.63) is 23.0 Å². The van der Waals surface area contributed by atoms with Crippen molar-refractivity contribution in [1.29, 1.82) is 0 Å². The van der Waals surface area contributed by atoms with Crippen LogP contribution in [0.5, 0.6) is 0 Å². The lowest BCUT2D eigenvalue weighted by Crippen LogP contribution is -2.52. The topological polar surface area (TPSA) is 133 Å². The number of imidazole rings is 1. The van der Waals surface area contributed by atoms with Crippen LogP contribution in [-0.2, 0) is 4.74 Å². The average Bonchev–Trinajstić information content (AvgIpc) is 2.87. The summed E-state index contributed by atoms with van der Waals surface area (Å²) in [6.45, 7) is -0.184. The molecular formula is C10H12N4O5. The lowest BCUT2D eigenvalue weighted by atomic mass is 10.0. The molecule has 2 aromatic heterocycles. The van der Waals surface area contributed by atoms with Crippen molar-refractivity contribution in [2.45, 2.75) is 24.5 Å². The lowest BCUT2D eigenvalue weighted by molar-refractivity contribution is -0.211. The van der Waals surface area contributed by atoms with Crippen molar-refractivity contribution in [2.75, 3.05) is 6.61 Å². The summed E-state index contributed by atoms with van der Waals surface area (Å²) < 4.78 is 6.25. The fourth-order valence-corrected chi connectivity index (χ4v) is 2.06. The largest absolute Gasteiger partial charge is 0.388 e. The summed E-state index contributed by atoms with van der Waals surface area (Å²) in [5.41, 5.74) is -0.0406. The van der Waals surface area contributed by atoms with E-state index < -0.39 is 30.1 Å². The highest BCUT2D eigenvalue weighted by Crippen LogP contribution is 2.22. The number of H-pyrrole nitrogens is 1. The predicted octanol–water partition coefficient (Wildman–Crippen LogP) is -2.27. The molecule has 4 N–H and O–H groups in total. The number of aromatic nitrogens is 4. The van der Waals surface area contributed by atoms with Crippen molar-refractivity contribution in [3.8, 4) is 0 Å². The minimum absolute atomic E-state index is 0.180. The van der Waals surface area contributed by atoms with Gasteiger partial charge in [0.2, 0.25) is 0 Å². The summed E-state index contributed by atoms with van der Waals surface area (Å²) in [5, 5.41) is 28.8. The van der Waals surface area contributed by atoms with Crippen molar-refractivity contribution >= 4 is 11.2 Å². The Labute approximate surface area is 106 Å². The van der Waals surface area contributed by atoms with Gasteiger partial charge in [0.25, 0.3) is 5.56 Å². The molecule has 1 aliphatic rings. The van der Waals surface area contributed by atoms with Crippen LogP contribution in [0.15, 0.2) is 17.4 Å². The van der Waals surface area contributed by atoms with Crippen LogP contribution in [0.4, 0.5) is 0 Å². The van der Waals surface area contributed by atoms with Crippen LogP contribution < -0.4 is 5.56 Å². The van der Waals surface area contributed by atoms with Gasteiger partial charge in [-0.2, -0.15) is 0 Å². The zero-order valence-corrected chi connectivity index (χ0v) is 9.67. The maximum absolute atomic E-state index is 12.1. The van der Waals surface area contributed by atoms with E-state index in [0.29, 0.717) is 0 Å². The Bertz CT molecular complexity index is 653. The van der Waals surface area contributed by atoms with Gasteiger partial charge in [-0.3, -0.25) is 9.36 Å². The number of hydrogen-bond acceptors (Lipinski definition) is 7. The Morgan fingerprint density at radius 2 is 2.11 bits per heavy atom. The van der Waals surface area contributed by atoms with Crippen molar-refractivity contribution in [1.82, 2.24) is 19.5 Å². The van der Waals surface area contributed by atoms with E-state index in [1.54, 1.807) is 0 Å². The Morgan fingerprint density at radius 1 is 1.32 bits per heavy atom. The molecule has 3 heterocycles. The first-order chi connectivity index (χ1) is 9.09. The molecule has 1 saturated heterocycles. The van der Waals surface area contributed by atoms with Gasteiger partial charge in [0.15, 0.2) is 17.4 Å². The number of ether oxygens (including phenoxy) is 1. The van der Waals surface area contributed by atoms with E-state index in [-0.39, 0.29) is 17.8 Å². The van der Waals surface area contributed by atoms with E-state index in [1.165, 1.54) is 12.7 Å². The van der Waals surface area contributed by atoms with Crippen LogP contribution in [-0.4, -0.2) is 59.8 Å². The maximum Gasteiger partial charge on any atom is 0.281 e. The monoisotopic (exact) mass is 268 g/mol. The highest BCUT2D eigenvalue weighted by molar-refractivity contribution is 5.67. The second kappa shape index (κ2) is 4.38. The molecule has 9 heteroatoms. The third kappa shape index (κ3) is 1.83. The van der Waals surface area contributed by atoms with Crippen LogP contribution in [0.25, 0.3) is 11.2 Å². The highest BCUT2D eigenvalue weighted by atomic mass is 16.5. The minimum Gasteiger partial charge on any atom is -0.388 e. The van der Waals surface area contributed by atoms with Gasteiger partial charge in [0.05, 0.1) is 12.9 Å². The summed E-state index contributed by atoms with van der Waals surface area (Å²) in [4.78, 5) is 22.6. The van der Waals surface area contributed by atoms with E-state index in [0.717, 1.165) is 4.57 Å². The van der Waals surface area contributed by atoms with E-state index in [9.17, 15) is 20.1 Å². The van der Waals surface area contributed by atoms with E-state index >= 15 is 0 Å². The maximum atomic E-state index is 12.1. The van der Waals surface area contributed by atoms with Crippen molar-refractivity contribution in [3.63, 3.8) is 0 Å². The molecule has 9 nitrogen and oxygen atoms in total. The van der Waals surface area contributed by atoms with Gasteiger partial charge in [-0.1, -0.05) is 0 Å². The summed E-state index contributed by atoms with van der Waals surface area (Å²) in [6, 6.07) is 0. The molecule has 0 spiro atoms. The molecular weight excluding hydrogens is 256 g/mol. The number of aromatic amines is 1. The molecule has 2 aromatic rings. The second-order valence-corrected chi connectivity index (χ2v) is 4.33. The molecule has 0 bridgehead atoms. The smallest absolute Gasteiger partial charge is 0.281 e. The zero-order valence-electron chi connectivity index (χ0n) is 9.67. The van der Waals surface area contributed by atoms with Crippen molar-refractivity contribution < 1.29 is 20.1 Å². The SMILES string of the molecule is O=c1c2[nH]cnc2ncn1[C@@H]1OC[C@@H](O)[C@@H](O)[C@H]1O. The number of nitrogens with one attached hydrogen (secondary N) is 1.